The summed E-state index contributed by atoms with van der Waals surface area (Å²) in [6, 6.07) is 4.90. The van der Waals surface area contributed by atoms with Crippen molar-refractivity contribution in [1.82, 2.24) is 0 Å². The first kappa shape index (κ1) is 14.4. The van der Waals surface area contributed by atoms with E-state index >= 15 is 0 Å². The van der Waals surface area contributed by atoms with Crippen molar-refractivity contribution in [2.75, 3.05) is 26.4 Å². The first-order valence-electron chi connectivity index (χ1n) is 5.56. The van der Waals surface area contributed by atoms with Crippen molar-refractivity contribution in [3.63, 3.8) is 0 Å². The maximum Gasteiger partial charge on any atom is 0.104 e. The molecule has 0 saturated carbocycles. The molecule has 1 aromatic carbocycles. The Kier molecular flexibility index (Phi) is 5.55. The van der Waals surface area contributed by atoms with Crippen molar-refractivity contribution in [1.29, 1.82) is 0 Å². The summed E-state index contributed by atoms with van der Waals surface area (Å²) in [6.45, 7) is 3.26. The van der Waals surface area contributed by atoms with Crippen LogP contribution in [-0.4, -0.2) is 38.6 Å². The molecule has 2 saturated heterocycles. The second-order valence-corrected chi connectivity index (χ2v) is 5.35. The Labute approximate surface area is 121 Å². The molecule has 18 heavy (non-hydrogen) atoms. The molecular formula is C12H13Cl3O3. The van der Waals surface area contributed by atoms with Gasteiger partial charge in [0.2, 0.25) is 0 Å². The van der Waals surface area contributed by atoms with E-state index in [1.54, 1.807) is 18.2 Å². The number of epoxide rings is 2. The van der Waals surface area contributed by atoms with Gasteiger partial charge in [-0.05, 0) is 18.2 Å². The fourth-order valence-corrected chi connectivity index (χ4v) is 2.05. The number of halogens is 3. The fraction of sp³-hybridized carbons (Fsp3) is 0.500. The molecule has 6 heteroatoms. The second-order valence-electron chi connectivity index (χ2n) is 4.04. The highest BCUT2D eigenvalue weighted by Gasteiger charge is 2.26. The maximum atomic E-state index is 5.58. The third-order valence-corrected chi connectivity index (χ3v) is 2.89. The van der Waals surface area contributed by atoms with Crippen LogP contribution >= 0.6 is 34.8 Å². The largest absolute Gasteiger partial charge is 0.376 e. The Morgan fingerprint density at radius 1 is 0.889 bits per heavy atom. The Balaban J connectivity index is 0.000000134. The standard InChI is InChI=1S/C6H3Cl3.C6H10O3/c7-4-1-5(8)3-6(9)2-4;1(5-3-8-5)7-2-6-4-9-6/h1-3H;5-6H,1-4H2. The van der Waals surface area contributed by atoms with Crippen LogP contribution in [-0.2, 0) is 14.2 Å². The van der Waals surface area contributed by atoms with Gasteiger partial charge in [-0.1, -0.05) is 34.8 Å². The van der Waals surface area contributed by atoms with E-state index in [2.05, 4.69) is 0 Å². The molecule has 0 N–H and O–H groups in total. The Morgan fingerprint density at radius 3 is 1.50 bits per heavy atom. The molecule has 2 unspecified atom stereocenters. The molecule has 0 radical (unpaired) electrons. The van der Waals surface area contributed by atoms with Crippen LogP contribution in [0.3, 0.4) is 0 Å². The molecule has 1 aromatic rings. The van der Waals surface area contributed by atoms with Gasteiger partial charge in [0.05, 0.1) is 26.4 Å². The van der Waals surface area contributed by atoms with Gasteiger partial charge in [0.25, 0.3) is 0 Å². The summed E-state index contributed by atoms with van der Waals surface area (Å²) in [4.78, 5) is 0. The molecule has 100 valence electrons. The van der Waals surface area contributed by atoms with Crippen molar-refractivity contribution in [2.24, 2.45) is 0 Å². The zero-order valence-corrected chi connectivity index (χ0v) is 11.8. The van der Waals surface area contributed by atoms with Gasteiger partial charge in [0, 0.05) is 15.1 Å². The van der Waals surface area contributed by atoms with Crippen LogP contribution < -0.4 is 0 Å². The topological polar surface area (TPSA) is 34.3 Å². The van der Waals surface area contributed by atoms with Crippen LogP contribution in [0.15, 0.2) is 18.2 Å². The molecule has 0 spiro atoms. The number of benzene rings is 1. The molecule has 0 aliphatic carbocycles. The lowest BCUT2D eigenvalue weighted by Crippen LogP contribution is -2.06. The Hall–Kier alpha value is -0.0300. The van der Waals surface area contributed by atoms with Crippen LogP contribution in [0.1, 0.15) is 0 Å². The van der Waals surface area contributed by atoms with E-state index in [4.69, 9.17) is 49.0 Å². The van der Waals surface area contributed by atoms with Crippen molar-refractivity contribution in [2.45, 2.75) is 12.2 Å². The van der Waals surface area contributed by atoms with Crippen molar-refractivity contribution < 1.29 is 14.2 Å². The van der Waals surface area contributed by atoms with E-state index in [0.29, 0.717) is 27.3 Å². The SMILES string of the molecule is C(OCC1CO1)C1CO1.Clc1cc(Cl)cc(Cl)c1. The maximum absolute atomic E-state index is 5.58. The lowest BCUT2D eigenvalue weighted by Gasteiger charge is -1.95. The van der Waals surface area contributed by atoms with Crippen LogP contribution in [0, 0.1) is 0 Å². The molecule has 2 heterocycles. The van der Waals surface area contributed by atoms with Crippen LogP contribution in [0.5, 0.6) is 0 Å². The first-order chi connectivity index (χ1) is 8.63. The first-order valence-corrected chi connectivity index (χ1v) is 6.69. The van der Waals surface area contributed by atoms with Gasteiger partial charge >= 0.3 is 0 Å². The summed E-state index contributed by atoms with van der Waals surface area (Å²) in [7, 11) is 0. The quantitative estimate of drug-likeness (QED) is 0.799. The minimum atomic E-state index is 0.392. The molecule has 0 bridgehead atoms. The van der Waals surface area contributed by atoms with Crippen molar-refractivity contribution in [3.05, 3.63) is 33.3 Å². The highest BCUT2D eigenvalue weighted by Crippen LogP contribution is 2.21. The van der Waals surface area contributed by atoms with Gasteiger partial charge < -0.3 is 14.2 Å². The zero-order chi connectivity index (χ0) is 13.0. The molecule has 2 aliphatic rings. The minimum absolute atomic E-state index is 0.392. The molecule has 2 atom stereocenters. The van der Waals surface area contributed by atoms with E-state index in [0.717, 1.165) is 26.4 Å². The average Bonchev–Trinajstić information content (AvgIpc) is 3.10. The molecule has 3 rings (SSSR count). The van der Waals surface area contributed by atoms with Gasteiger partial charge in [-0.2, -0.15) is 0 Å². The Morgan fingerprint density at radius 2 is 1.22 bits per heavy atom. The van der Waals surface area contributed by atoms with Crippen molar-refractivity contribution >= 4 is 34.8 Å². The lowest BCUT2D eigenvalue weighted by atomic mass is 10.4. The third kappa shape index (κ3) is 6.23. The van der Waals surface area contributed by atoms with Gasteiger partial charge in [-0.15, -0.1) is 0 Å². The smallest absolute Gasteiger partial charge is 0.104 e. The summed E-state index contributed by atoms with van der Waals surface area (Å²) in [5, 5.41) is 1.69. The predicted octanol–water partition coefficient (Wildman–Crippen LogP) is 3.45. The van der Waals surface area contributed by atoms with E-state index in [-0.39, 0.29) is 0 Å². The molecular weight excluding hydrogens is 298 g/mol. The van der Waals surface area contributed by atoms with Crippen molar-refractivity contribution in [3.8, 4) is 0 Å². The summed E-state index contributed by atoms with van der Waals surface area (Å²) in [5.74, 6) is 0. The van der Waals surface area contributed by atoms with E-state index in [1.165, 1.54) is 0 Å². The van der Waals surface area contributed by atoms with Crippen LogP contribution in [0.4, 0.5) is 0 Å². The predicted molar refractivity (Wildman–Crippen MR) is 71.8 cm³/mol. The fourth-order valence-electron chi connectivity index (χ4n) is 1.18. The summed E-state index contributed by atoms with van der Waals surface area (Å²) in [5.41, 5.74) is 0. The highest BCUT2D eigenvalue weighted by atomic mass is 35.5. The molecule has 3 nitrogen and oxygen atoms in total. The number of rotatable bonds is 4. The normalized spacial score (nSPS) is 24.2. The van der Waals surface area contributed by atoms with E-state index < -0.39 is 0 Å². The van der Waals surface area contributed by atoms with Crippen LogP contribution in [0.2, 0.25) is 15.1 Å². The van der Waals surface area contributed by atoms with Crippen LogP contribution in [0.25, 0.3) is 0 Å². The molecule has 0 aromatic heterocycles. The van der Waals surface area contributed by atoms with E-state index in [9.17, 15) is 0 Å². The third-order valence-electron chi connectivity index (χ3n) is 2.24. The zero-order valence-electron chi connectivity index (χ0n) is 9.57. The van der Waals surface area contributed by atoms with Gasteiger partial charge in [0.15, 0.2) is 0 Å². The summed E-state index contributed by atoms with van der Waals surface area (Å²) in [6.07, 6.45) is 0.785. The van der Waals surface area contributed by atoms with Gasteiger partial charge in [0.1, 0.15) is 12.2 Å². The minimum Gasteiger partial charge on any atom is -0.376 e. The molecule has 2 fully saturated rings. The lowest BCUT2D eigenvalue weighted by molar-refractivity contribution is 0.102. The van der Waals surface area contributed by atoms with Gasteiger partial charge in [-0.25, -0.2) is 0 Å². The molecule has 0 amide bonds. The highest BCUT2D eigenvalue weighted by molar-refractivity contribution is 6.38. The molecule has 2 aliphatic heterocycles. The number of ether oxygens (including phenoxy) is 3. The number of hydrogen-bond acceptors (Lipinski definition) is 3. The van der Waals surface area contributed by atoms with Gasteiger partial charge in [-0.3, -0.25) is 0 Å². The summed E-state index contributed by atoms with van der Waals surface area (Å²) < 4.78 is 15.1. The monoisotopic (exact) mass is 310 g/mol. The Bertz CT molecular complexity index is 330. The second kappa shape index (κ2) is 6.94. The van der Waals surface area contributed by atoms with E-state index in [1.807, 2.05) is 0 Å². The average molecular weight is 312 g/mol. The summed E-state index contributed by atoms with van der Waals surface area (Å²) >= 11 is 16.7. The number of hydrogen-bond donors (Lipinski definition) is 0.